The third kappa shape index (κ3) is 1.87. The average Bonchev–Trinajstić information content (AvgIpc) is 2.92. The number of para-hydroxylation sites is 3. The number of ether oxygens (including phenoxy) is 1. The Morgan fingerprint density at radius 1 is 1.19 bits per heavy atom. The average molecular weight is 279 g/mol. The van der Waals surface area contributed by atoms with Crippen LogP contribution in [0.3, 0.4) is 0 Å². The van der Waals surface area contributed by atoms with Gasteiger partial charge in [0.1, 0.15) is 12.4 Å². The van der Waals surface area contributed by atoms with Crippen LogP contribution in [0.1, 0.15) is 6.92 Å². The Bertz CT molecular complexity index is 807. The minimum Gasteiger partial charge on any atom is -0.489 e. The molecule has 0 spiro atoms. The summed E-state index contributed by atoms with van der Waals surface area (Å²) in [7, 11) is 0. The highest BCUT2D eigenvalue weighted by atomic mass is 16.5. The topological polar surface area (TPSA) is 39.1 Å². The lowest BCUT2D eigenvalue weighted by atomic mass is 10.1. The summed E-state index contributed by atoms with van der Waals surface area (Å²) in [5, 5.41) is 3.38. The first-order valence-electron chi connectivity index (χ1n) is 7.34. The minimum atomic E-state index is 0.691. The summed E-state index contributed by atoms with van der Waals surface area (Å²) < 4.78 is 8.13. The molecule has 1 aliphatic rings. The number of fused-ring (bicyclic) bond motifs is 2. The summed E-state index contributed by atoms with van der Waals surface area (Å²) in [6, 6.07) is 14.4. The number of rotatable bonds is 2. The fraction of sp³-hybridized carbons (Fsp3) is 0.235. The number of anilines is 1. The summed E-state index contributed by atoms with van der Waals surface area (Å²) >= 11 is 0. The van der Waals surface area contributed by atoms with E-state index >= 15 is 0 Å². The van der Waals surface area contributed by atoms with Crippen molar-refractivity contribution in [1.82, 2.24) is 9.55 Å². The largest absolute Gasteiger partial charge is 0.489 e. The first-order valence-corrected chi connectivity index (χ1v) is 7.34. The lowest BCUT2D eigenvalue weighted by molar-refractivity contribution is 0.324. The number of benzene rings is 2. The van der Waals surface area contributed by atoms with Gasteiger partial charge < -0.3 is 14.6 Å². The molecule has 4 heteroatoms. The van der Waals surface area contributed by atoms with Crippen molar-refractivity contribution in [3.8, 4) is 17.1 Å². The van der Waals surface area contributed by atoms with Crippen molar-refractivity contribution in [3.05, 3.63) is 42.5 Å². The van der Waals surface area contributed by atoms with E-state index in [0.29, 0.717) is 6.61 Å². The van der Waals surface area contributed by atoms with Gasteiger partial charge in [0.25, 0.3) is 0 Å². The van der Waals surface area contributed by atoms with Crippen molar-refractivity contribution in [1.29, 1.82) is 0 Å². The second-order valence-electron chi connectivity index (χ2n) is 5.13. The van der Waals surface area contributed by atoms with Crippen molar-refractivity contribution >= 4 is 16.7 Å². The molecule has 4 rings (SSSR count). The van der Waals surface area contributed by atoms with Crippen molar-refractivity contribution in [3.63, 3.8) is 0 Å². The highest BCUT2D eigenvalue weighted by Crippen LogP contribution is 2.38. The molecule has 1 aliphatic heterocycles. The van der Waals surface area contributed by atoms with Gasteiger partial charge in [-0.05, 0) is 31.2 Å². The van der Waals surface area contributed by atoms with E-state index in [1.807, 2.05) is 6.07 Å². The molecular weight excluding hydrogens is 262 g/mol. The fourth-order valence-electron chi connectivity index (χ4n) is 2.95. The zero-order chi connectivity index (χ0) is 14.2. The Balaban J connectivity index is 1.98. The normalized spacial score (nSPS) is 13.6. The zero-order valence-electron chi connectivity index (χ0n) is 12.0. The monoisotopic (exact) mass is 279 g/mol. The van der Waals surface area contributed by atoms with Gasteiger partial charge in [0.2, 0.25) is 0 Å². The van der Waals surface area contributed by atoms with E-state index in [4.69, 9.17) is 9.72 Å². The van der Waals surface area contributed by atoms with E-state index in [9.17, 15) is 0 Å². The number of aryl methyl sites for hydroxylation is 1. The fourth-order valence-corrected chi connectivity index (χ4v) is 2.95. The van der Waals surface area contributed by atoms with Crippen LogP contribution in [0.4, 0.5) is 5.69 Å². The lowest BCUT2D eigenvalue weighted by Crippen LogP contribution is -2.18. The quantitative estimate of drug-likeness (QED) is 0.780. The van der Waals surface area contributed by atoms with Gasteiger partial charge in [-0.15, -0.1) is 0 Å². The molecule has 0 aliphatic carbocycles. The Morgan fingerprint density at radius 3 is 3.00 bits per heavy atom. The van der Waals surface area contributed by atoms with E-state index < -0.39 is 0 Å². The van der Waals surface area contributed by atoms with Crippen LogP contribution in [0.2, 0.25) is 0 Å². The molecule has 0 saturated heterocycles. The number of aromatic nitrogens is 2. The molecule has 0 fully saturated rings. The number of hydrogen-bond acceptors (Lipinski definition) is 3. The molecule has 106 valence electrons. The zero-order valence-corrected chi connectivity index (χ0v) is 12.0. The number of nitrogens with one attached hydrogen (secondary N) is 1. The van der Waals surface area contributed by atoms with Crippen LogP contribution in [0, 0.1) is 0 Å². The standard InChI is InChI=1S/C17H17N3O/c1-2-20-15-9-4-3-7-13(15)19-17(20)12-6-5-8-14-16(12)21-11-10-18-14/h3-9,18H,2,10-11H2,1H3. The van der Waals surface area contributed by atoms with Gasteiger partial charge in [-0.25, -0.2) is 4.98 Å². The van der Waals surface area contributed by atoms with Crippen LogP contribution in [0.5, 0.6) is 5.75 Å². The molecule has 2 aromatic carbocycles. The molecule has 0 saturated carbocycles. The molecule has 1 N–H and O–H groups in total. The molecule has 1 aromatic heterocycles. The van der Waals surface area contributed by atoms with Gasteiger partial charge in [0.15, 0.2) is 5.75 Å². The van der Waals surface area contributed by atoms with E-state index in [1.165, 1.54) is 0 Å². The van der Waals surface area contributed by atoms with Crippen LogP contribution in [0.15, 0.2) is 42.5 Å². The van der Waals surface area contributed by atoms with Gasteiger partial charge in [-0.2, -0.15) is 0 Å². The third-order valence-corrected chi connectivity index (χ3v) is 3.89. The molecule has 0 unspecified atom stereocenters. The summed E-state index contributed by atoms with van der Waals surface area (Å²) in [5.74, 6) is 1.88. The highest BCUT2D eigenvalue weighted by molar-refractivity contribution is 5.84. The number of nitrogens with zero attached hydrogens (tertiary/aromatic N) is 2. The maximum absolute atomic E-state index is 5.89. The number of imidazole rings is 1. The second kappa shape index (κ2) is 4.81. The molecule has 2 heterocycles. The smallest absolute Gasteiger partial charge is 0.153 e. The van der Waals surface area contributed by atoms with E-state index in [0.717, 1.165) is 46.9 Å². The van der Waals surface area contributed by atoms with Crippen LogP contribution >= 0.6 is 0 Å². The van der Waals surface area contributed by atoms with Gasteiger partial charge in [-0.1, -0.05) is 18.2 Å². The molecule has 0 radical (unpaired) electrons. The van der Waals surface area contributed by atoms with E-state index in [1.54, 1.807) is 0 Å². The second-order valence-corrected chi connectivity index (χ2v) is 5.13. The Labute approximate surface area is 123 Å². The molecular formula is C17H17N3O. The predicted octanol–water partition coefficient (Wildman–Crippen LogP) is 3.53. The predicted molar refractivity (Wildman–Crippen MR) is 84.8 cm³/mol. The van der Waals surface area contributed by atoms with Crippen LogP contribution < -0.4 is 10.1 Å². The molecule has 21 heavy (non-hydrogen) atoms. The Hall–Kier alpha value is -2.49. The lowest BCUT2D eigenvalue weighted by Gasteiger charge is -2.21. The van der Waals surface area contributed by atoms with Gasteiger partial charge in [0, 0.05) is 13.1 Å². The summed E-state index contributed by atoms with van der Waals surface area (Å²) in [4.78, 5) is 4.82. The summed E-state index contributed by atoms with van der Waals surface area (Å²) in [6.45, 7) is 4.57. The SMILES string of the molecule is CCn1c(-c2cccc3c2OCCN3)nc2ccccc21. The van der Waals surface area contributed by atoms with Crippen LogP contribution in [0.25, 0.3) is 22.4 Å². The van der Waals surface area contributed by atoms with Crippen LogP contribution in [-0.4, -0.2) is 22.7 Å². The third-order valence-electron chi connectivity index (χ3n) is 3.89. The maximum atomic E-state index is 5.89. The molecule has 4 nitrogen and oxygen atoms in total. The van der Waals surface area contributed by atoms with Gasteiger partial charge in [0.05, 0.1) is 22.3 Å². The Kier molecular flexibility index (Phi) is 2.81. The molecule has 0 bridgehead atoms. The Morgan fingerprint density at radius 2 is 2.10 bits per heavy atom. The van der Waals surface area contributed by atoms with Gasteiger partial charge >= 0.3 is 0 Å². The van der Waals surface area contributed by atoms with Crippen molar-refractivity contribution in [2.75, 3.05) is 18.5 Å². The minimum absolute atomic E-state index is 0.691. The van der Waals surface area contributed by atoms with E-state index in [2.05, 4.69) is 53.2 Å². The first-order chi connectivity index (χ1) is 10.4. The summed E-state index contributed by atoms with van der Waals surface area (Å²) in [5.41, 5.74) is 4.29. The summed E-state index contributed by atoms with van der Waals surface area (Å²) in [6.07, 6.45) is 0. The van der Waals surface area contributed by atoms with Crippen molar-refractivity contribution < 1.29 is 4.74 Å². The van der Waals surface area contributed by atoms with E-state index in [-0.39, 0.29) is 0 Å². The maximum Gasteiger partial charge on any atom is 0.153 e. The molecule has 0 amide bonds. The highest BCUT2D eigenvalue weighted by Gasteiger charge is 2.19. The van der Waals surface area contributed by atoms with Crippen molar-refractivity contribution in [2.24, 2.45) is 0 Å². The first kappa shape index (κ1) is 12.3. The van der Waals surface area contributed by atoms with Crippen LogP contribution in [-0.2, 0) is 6.54 Å². The molecule has 0 atom stereocenters. The number of hydrogen-bond donors (Lipinski definition) is 1. The van der Waals surface area contributed by atoms with Crippen molar-refractivity contribution in [2.45, 2.75) is 13.5 Å². The van der Waals surface area contributed by atoms with Gasteiger partial charge in [-0.3, -0.25) is 0 Å². The molecule has 3 aromatic rings.